The average molecular weight is 347 g/mol. The van der Waals surface area contributed by atoms with Crippen molar-refractivity contribution in [3.63, 3.8) is 0 Å². The van der Waals surface area contributed by atoms with Crippen LogP contribution in [0.4, 0.5) is 17.7 Å². The van der Waals surface area contributed by atoms with Gasteiger partial charge in [-0.3, -0.25) is 0 Å². The first-order chi connectivity index (χ1) is 12.3. The molecule has 0 amide bonds. The molecule has 136 valence electrons. The van der Waals surface area contributed by atoms with Gasteiger partial charge in [-0.2, -0.15) is 4.98 Å². The molecule has 3 heterocycles. The summed E-state index contributed by atoms with van der Waals surface area (Å²) < 4.78 is 5.29. The third-order valence-electron chi connectivity index (χ3n) is 3.06. The zero-order chi connectivity index (χ0) is 18.7. The standard InChI is InChI=1S/C12H13N7O2.2C2H6/c13-11-14-6-8(7-15-11)9-5-10(18-20)17-12(16-9)19-1-3-21-4-2-19;2*1-2/h5-7H,1-4H2,(H2,13,14,15);2*1-2H3. The fourth-order valence-corrected chi connectivity index (χ4v) is 1.99. The van der Waals surface area contributed by atoms with Crippen LogP contribution in [0.3, 0.4) is 0 Å². The lowest BCUT2D eigenvalue weighted by atomic mass is 10.2. The van der Waals surface area contributed by atoms with Crippen molar-refractivity contribution in [2.24, 2.45) is 5.18 Å². The summed E-state index contributed by atoms with van der Waals surface area (Å²) in [5, 5.41) is 2.91. The normalized spacial score (nSPS) is 13.0. The molecule has 9 nitrogen and oxygen atoms in total. The van der Waals surface area contributed by atoms with E-state index in [0.717, 1.165) is 0 Å². The predicted octanol–water partition coefficient (Wildman–Crippen LogP) is 2.80. The molecule has 0 unspecified atom stereocenters. The number of anilines is 2. The fraction of sp³-hybridized carbons (Fsp3) is 0.500. The van der Waals surface area contributed by atoms with Crippen LogP contribution >= 0.6 is 0 Å². The van der Waals surface area contributed by atoms with E-state index < -0.39 is 0 Å². The maximum absolute atomic E-state index is 10.8. The lowest BCUT2D eigenvalue weighted by molar-refractivity contribution is 0.122. The van der Waals surface area contributed by atoms with E-state index in [9.17, 15) is 4.91 Å². The molecule has 3 rings (SSSR count). The van der Waals surface area contributed by atoms with Gasteiger partial charge in [-0.25, -0.2) is 15.0 Å². The third-order valence-corrected chi connectivity index (χ3v) is 3.06. The van der Waals surface area contributed by atoms with E-state index in [0.29, 0.717) is 43.5 Å². The van der Waals surface area contributed by atoms with Crippen molar-refractivity contribution in [3.8, 4) is 11.3 Å². The average Bonchev–Trinajstić information content (AvgIpc) is 2.72. The van der Waals surface area contributed by atoms with Gasteiger partial charge < -0.3 is 15.4 Å². The lowest BCUT2D eigenvalue weighted by Gasteiger charge is -2.26. The van der Waals surface area contributed by atoms with Crippen molar-refractivity contribution >= 4 is 17.7 Å². The molecule has 0 atom stereocenters. The Kier molecular flexibility index (Phi) is 8.94. The number of rotatable bonds is 3. The van der Waals surface area contributed by atoms with Gasteiger partial charge in [-0.1, -0.05) is 27.7 Å². The zero-order valence-corrected chi connectivity index (χ0v) is 15.1. The molecule has 25 heavy (non-hydrogen) atoms. The van der Waals surface area contributed by atoms with E-state index >= 15 is 0 Å². The van der Waals surface area contributed by atoms with Crippen LogP contribution in [-0.4, -0.2) is 46.2 Å². The Balaban J connectivity index is 0.000000730. The molecule has 2 N–H and O–H groups in total. The maximum Gasteiger partial charge on any atom is 0.228 e. The van der Waals surface area contributed by atoms with E-state index in [1.807, 2.05) is 32.6 Å². The molecule has 0 radical (unpaired) electrons. The number of ether oxygens (including phenoxy) is 1. The number of aromatic nitrogens is 4. The summed E-state index contributed by atoms with van der Waals surface area (Å²) in [6.07, 6.45) is 3.09. The Morgan fingerprint density at radius 1 is 1.08 bits per heavy atom. The van der Waals surface area contributed by atoms with Gasteiger partial charge >= 0.3 is 0 Å². The smallest absolute Gasteiger partial charge is 0.228 e. The summed E-state index contributed by atoms with van der Waals surface area (Å²) in [4.78, 5) is 29.2. The number of nitrogen functional groups attached to an aromatic ring is 1. The Bertz CT molecular complexity index is 643. The largest absolute Gasteiger partial charge is 0.378 e. The molecule has 1 aliphatic heterocycles. The molecular formula is C16H25N7O2. The highest BCUT2D eigenvalue weighted by molar-refractivity contribution is 5.62. The van der Waals surface area contributed by atoms with Crippen LogP contribution in [0.25, 0.3) is 11.3 Å². The maximum atomic E-state index is 10.8. The van der Waals surface area contributed by atoms with Crippen molar-refractivity contribution in [3.05, 3.63) is 23.4 Å². The SMILES string of the molecule is CC.CC.Nc1ncc(-c2cc(N=O)nc(N3CCOCC3)n2)cn1. The van der Waals surface area contributed by atoms with Crippen LogP contribution in [0.2, 0.25) is 0 Å². The second-order valence-electron chi connectivity index (χ2n) is 4.43. The first-order valence-corrected chi connectivity index (χ1v) is 8.39. The highest BCUT2D eigenvalue weighted by Crippen LogP contribution is 2.24. The second kappa shape index (κ2) is 11.0. The van der Waals surface area contributed by atoms with Gasteiger partial charge in [0.05, 0.1) is 18.9 Å². The van der Waals surface area contributed by atoms with E-state index in [1.165, 1.54) is 6.07 Å². The highest BCUT2D eigenvalue weighted by Gasteiger charge is 2.16. The van der Waals surface area contributed by atoms with Crippen LogP contribution < -0.4 is 10.6 Å². The first kappa shape index (κ1) is 20.4. The molecule has 9 heteroatoms. The number of hydrogen-bond donors (Lipinski definition) is 1. The summed E-state index contributed by atoms with van der Waals surface area (Å²) in [6, 6.07) is 1.49. The van der Waals surface area contributed by atoms with Crippen molar-refractivity contribution in [2.75, 3.05) is 36.9 Å². The molecule has 0 spiro atoms. The monoisotopic (exact) mass is 347 g/mol. The summed E-state index contributed by atoms with van der Waals surface area (Å²) in [6.45, 7) is 10.5. The molecule has 2 aromatic heterocycles. The molecule has 2 aromatic rings. The van der Waals surface area contributed by atoms with Gasteiger partial charge in [0.2, 0.25) is 17.7 Å². The summed E-state index contributed by atoms with van der Waals surface area (Å²) in [5.41, 5.74) is 6.64. The fourth-order valence-electron chi connectivity index (χ4n) is 1.99. The molecule has 0 aliphatic carbocycles. The molecule has 1 saturated heterocycles. The Hall–Kier alpha value is -2.68. The minimum Gasteiger partial charge on any atom is -0.378 e. The number of nitrogens with two attached hydrogens (primary N) is 1. The van der Waals surface area contributed by atoms with Gasteiger partial charge in [0.1, 0.15) is 0 Å². The summed E-state index contributed by atoms with van der Waals surface area (Å²) in [7, 11) is 0. The molecule has 1 fully saturated rings. The van der Waals surface area contributed by atoms with E-state index in [1.54, 1.807) is 12.4 Å². The number of nitrogens with zero attached hydrogens (tertiary/aromatic N) is 6. The number of hydrogen-bond acceptors (Lipinski definition) is 9. The van der Waals surface area contributed by atoms with Gasteiger partial charge in [-0.15, -0.1) is 4.91 Å². The number of nitroso groups, excluding NO2 is 1. The molecule has 0 saturated carbocycles. The third kappa shape index (κ3) is 5.71. The van der Waals surface area contributed by atoms with E-state index in [2.05, 4.69) is 25.1 Å². The minimum absolute atomic E-state index is 0.0679. The van der Waals surface area contributed by atoms with Crippen molar-refractivity contribution in [1.82, 2.24) is 19.9 Å². The number of morpholine rings is 1. The highest BCUT2D eigenvalue weighted by atomic mass is 16.5. The van der Waals surface area contributed by atoms with Crippen LogP contribution in [0.5, 0.6) is 0 Å². The van der Waals surface area contributed by atoms with Gasteiger partial charge in [0, 0.05) is 37.1 Å². The predicted molar refractivity (Wildman–Crippen MR) is 98.7 cm³/mol. The Morgan fingerprint density at radius 3 is 2.24 bits per heavy atom. The van der Waals surface area contributed by atoms with E-state index in [4.69, 9.17) is 10.5 Å². The summed E-state index contributed by atoms with van der Waals surface area (Å²) in [5.74, 6) is 0.690. The molecular weight excluding hydrogens is 322 g/mol. The summed E-state index contributed by atoms with van der Waals surface area (Å²) >= 11 is 0. The topological polar surface area (TPSA) is 119 Å². The van der Waals surface area contributed by atoms with Gasteiger partial charge in [-0.05, 0) is 5.18 Å². The molecule has 0 aromatic carbocycles. The van der Waals surface area contributed by atoms with Crippen LogP contribution in [0, 0.1) is 4.91 Å². The van der Waals surface area contributed by atoms with Gasteiger partial charge in [0.15, 0.2) is 0 Å². The Labute approximate surface area is 147 Å². The second-order valence-corrected chi connectivity index (χ2v) is 4.43. The van der Waals surface area contributed by atoms with Crippen molar-refractivity contribution in [1.29, 1.82) is 0 Å². The Morgan fingerprint density at radius 2 is 1.68 bits per heavy atom. The zero-order valence-electron chi connectivity index (χ0n) is 15.1. The first-order valence-electron chi connectivity index (χ1n) is 8.39. The molecule has 0 bridgehead atoms. The lowest BCUT2D eigenvalue weighted by Crippen LogP contribution is -2.37. The van der Waals surface area contributed by atoms with Crippen molar-refractivity contribution in [2.45, 2.75) is 27.7 Å². The van der Waals surface area contributed by atoms with Gasteiger partial charge in [0.25, 0.3) is 0 Å². The van der Waals surface area contributed by atoms with Crippen LogP contribution in [0.1, 0.15) is 27.7 Å². The van der Waals surface area contributed by atoms with Crippen LogP contribution in [0.15, 0.2) is 23.6 Å². The van der Waals surface area contributed by atoms with Crippen LogP contribution in [-0.2, 0) is 4.74 Å². The molecule has 1 aliphatic rings. The minimum atomic E-state index is 0.0679. The quantitative estimate of drug-likeness (QED) is 0.842. The van der Waals surface area contributed by atoms with E-state index in [-0.39, 0.29) is 11.8 Å². The van der Waals surface area contributed by atoms with Crippen molar-refractivity contribution < 1.29 is 4.74 Å².